The van der Waals surface area contributed by atoms with E-state index in [4.69, 9.17) is 34.8 Å². The number of aryl methyl sites for hydroxylation is 2. The lowest BCUT2D eigenvalue weighted by atomic mass is 9.77. The number of hydrogen-bond donors (Lipinski definition) is 0. The predicted molar refractivity (Wildman–Crippen MR) is 94.2 cm³/mol. The molecule has 0 aliphatic carbocycles. The summed E-state index contributed by atoms with van der Waals surface area (Å²) in [6.45, 7) is 4.13. The Kier molecular flexibility index (Phi) is 5.60. The molecule has 0 N–H and O–H groups in total. The quantitative estimate of drug-likeness (QED) is 0.593. The SMILES string of the molecule is Cc1ccc(CC(CCl)(CCl)c2ccccc2C)c(Cl)c1. The van der Waals surface area contributed by atoms with E-state index in [1.165, 1.54) is 11.1 Å². The molecule has 0 radical (unpaired) electrons. The fourth-order valence-electron chi connectivity index (χ4n) is 2.70. The van der Waals surface area contributed by atoms with Gasteiger partial charge in [-0.3, -0.25) is 0 Å². The van der Waals surface area contributed by atoms with Gasteiger partial charge in [0.05, 0.1) is 0 Å². The van der Waals surface area contributed by atoms with E-state index in [0.717, 1.165) is 22.6 Å². The maximum atomic E-state index is 6.39. The monoisotopic (exact) mass is 340 g/mol. The molecule has 0 atom stereocenters. The Labute approximate surface area is 142 Å². The molecule has 0 fully saturated rings. The van der Waals surface area contributed by atoms with Crippen molar-refractivity contribution in [3.63, 3.8) is 0 Å². The Bertz CT molecular complexity index is 616. The molecule has 0 aliphatic heterocycles. The molecular weight excluding hydrogens is 323 g/mol. The molecule has 0 amide bonds. The molecule has 0 nitrogen and oxygen atoms in total. The van der Waals surface area contributed by atoms with Gasteiger partial charge >= 0.3 is 0 Å². The standard InChI is InChI=1S/C18H19Cl3/c1-13-7-8-15(17(21)9-13)10-18(11-19,12-20)16-6-4-3-5-14(16)2/h3-9H,10-12H2,1-2H3. The average Bonchev–Trinajstić information content (AvgIpc) is 2.48. The minimum atomic E-state index is -0.298. The van der Waals surface area contributed by atoms with Gasteiger partial charge in [-0.25, -0.2) is 0 Å². The first-order valence-corrected chi connectivity index (χ1v) is 8.40. The van der Waals surface area contributed by atoms with Gasteiger partial charge in [0.1, 0.15) is 0 Å². The molecule has 0 unspecified atom stereocenters. The fourth-order valence-corrected chi connectivity index (χ4v) is 3.76. The van der Waals surface area contributed by atoms with E-state index in [1.54, 1.807) is 0 Å². The van der Waals surface area contributed by atoms with Crippen molar-refractivity contribution >= 4 is 34.8 Å². The van der Waals surface area contributed by atoms with E-state index in [2.05, 4.69) is 31.2 Å². The van der Waals surface area contributed by atoms with Crippen LogP contribution in [0.25, 0.3) is 0 Å². The first kappa shape index (κ1) is 16.7. The molecule has 3 heteroatoms. The van der Waals surface area contributed by atoms with Crippen molar-refractivity contribution in [2.75, 3.05) is 11.8 Å². The van der Waals surface area contributed by atoms with Gasteiger partial charge in [-0.1, -0.05) is 48.0 Å². The van der Waals surface area contributed by atoms with Crippen molar-refractivity contribution in [3.05, 3.63) is 69.7 Å². The maximum absolute atomic E-state index is 6.39. The minimum Gasteiger partial charge on any atom is -0.126 e. The molecule has 2 aromatic rings. The highest BCUT2D eigenvalue weighted by Crippen LogP contribution is 2.35. The van der Waals surface area contributed by atoms with Gasteiger partial charge in [-0.05, 0) is 48.6 Å². The first-order chi connectivity index (χ1) is 10.0. The number of alkyl halides is 2. The van der Waals surface area contributed by atoms with Crippen LogP contribution in [0.5, 0.6) is 0 Å². The van der Waals surface area contributed by atoms with Crippen molar-refractivity contribution in [2.24, 2.45) is 0 Å². The van der Waals surface area contributed by atoms with Crippen molar-refractivity contribution in [1.29, 1.82) is 0 Å². The number of halogens is 3. The summed E-state index contributed by atoms with van der Waals surface area (Å²) in [5, 5.41) is 0.781. The van der Waals surface area contributed by atoms with E-state index in [9.17, 15) is 0 Å². The summed E-state index contributed by atoms with van der Waals surface area (Å²) in [4.78, 5) is 0. The van der Waals surface area contributed by atoms with Crippen molar-refractivity contribution < 1.29 is 0 Å². The van der Waals surface area contributed by atoms with Crippen LogP contribution in [0.3, 0.4) is 0 Å². The van der Waals surface area contributed by atoms with Crippen molar-refractivity contribution in [1.82, 2.24) is 0 Å². The second-order valence-corrected chi connectivity index (χ2v) is 6.58. The van der Waals surface area contributed by atoms with Crippen LogP contribution in [0.4, 0.5) is 0 Å². The Morgan fingerprint density at radius 3 is 2.19 bits per heavy atom. The Morgan fingerprint density at radius 1 is 0.952 bits per heavy atom. The van der Waals surface area contributed by atoms with Crippen LogP contribution in [0.2, 0.25) is 5.02 Å². The molecule has 21 heavy (non-hydrogen) atoms. The van der Waals surface area contributed by atoms with E-state index in [1.807, 2.05) is 25.1 Å². The van der Waals surface area contributed by atoms with Crippen molar-refractivity contribution in [3.8, 4) is 0 Å². The zero-order chi connectivity index (χ0) is 15.5. The molecular formula is C18H19Cl3. The van der Waals surface area contributed by atoms with Crippen LogP contribution in [-0.2, 0) is 11.8 Å². The van der Waals surface area contributed by atoms with Gasteiger partial charge in [0.25, 0.3) is 0 Å². The normalized spacial score (nSPS) is 11.7. The van der Waals surface area contributed by atoms with Gasteiger partial charge in [0, 0.05) is 22.2 Å². The van der Waals surface area contributed by atoms with Gasteiger partial charge in [-0.2, -0.15) is 0 Å². The van der Waals surface area contributed by atoms with Gasteiger partial charge in [-0.15, -0.1) is 23.2 Å². The molecule has 0 saturated heterocycles. The third-order valence-corrected chi connectivity index (χ3v) is 5.34. The molecule has 0 aromatic heterocycles. The highest BCUT2D eigenvalue weighted by molar-refractivity contribution is 6.31. The number of benzene rings is 2. The smallest absolute Gasteiger partial charge is 0.0440 e. The largest absolute Gasteiger partial charge is 0.126 e. The van der Waals surface area contributed by atoms with Gasteiger partial charge in [0.2, 0.25) is 0 Å². The minimum absolute atomic E-state index is 0.298. The molecule has 0 saturated carbocycles. The molecule has 0 heterocycles. The Morgan fingerprint density at radius 2 is 1.62 bits per heavy atom. The predicted octanol–water partition coefficient (Wildman–Crippen LogP) is 5.91. The topological polar surface area (TPSA) is 0 Å². The zero-order valence-corrected chi connectivity index (χ0v) is 14.6. The second kappa shape index (κ2) is 7.05. The molecule has 0 aliphatic rings. The highest BCUT2D eigenvalue weighted by atomic mass is 35.5. The molecule has 112 valence electrons. The third-order valence-electron chi connectivity index (χ3n) is 3.97. The summed E-state index contributed by atoms with van der Waals surface area (Å²) in [6.07, 6.45) is 0.740. The first-order valence-electron chi connectivity index (χ1n) is 6.95. The van der Waals surface area contributed by atoms with Gasteiger partial charge in [0.15, 0.2) is 0 Å². The summed E-state index contributed by atoms with van der Waals surface area (Å²) in [5.74, 6) is 0.928. The Hall–Kier alpha value is -0.690. The maximum Gasteiger partial charge on any atom is 0.0440 e. The van der Waals surface area contributed by atoms with E-state index >= 15 is 0 Å². The summed E-state index contributed by atoms with van der Waals surface area (Å²) in [6, 6.07) is 14.4. The van der Waals surface area contributed by atoms with Crippen LogP contribution in [0, 0.1) is 13.8 Å². The van der Waals surface area contributed by atoms with Crippen LogP contribution >= 0.6 is 34.8 Å². The summed E-state index contributed by atoms with van der Waals surface area (Å²) in [5.41, 5.74) is 4.36. The van der Waals surface area contributed by atoms with Crippen molar-refractivity contribution in [2.45, 2.75) is 25.7 Å². The summed E-state index contributed by atoms with van der Waals surface area (Å²) < 4.78 is 0. The van der Waals surface area contributed by atoms with Gasteiger partial charge < -0.3 is 0 Å². The van der Waals surface area contributed by atoms with Crippen LogP contribution < -0.4 is 0 Å². The highest BCUT2D eigenvalue weighted by Gasteiger charge is 2.32. The van der Waals surface area contributed by atoms with Crippen LogP contribution in [-0.4, -0.2) is 11.8 Å². The lowest BCUT2D eigenvalue weighted by Gasteiger charge is -2.32. The molecule has 0 spiro atoms. The summed E-state index contributed by atoms with van der Waals surface area (Å²) in [7, 11) is 0. The van der Waals surface area contributed by atoms with E-state index in [0.29, 0.717) is 11.8 Å². The molecule has 2 rings (SSSR count). The van der Waals surface area contributed by atoms with Crippen LogP contribution in [0.1, 0.15) is 22.3 Å². The lowest BCUT2D eigenvalue weighted by molar-refractivity contribution is 0.533. The van der Waals surface area contributed by atoms with Crippen LogP contribution in [0.15, 0.2) is 42.5 Å². The second-order valence-electron chi connectivity index (χ2n) is 5.63. The number of hydrogen-bond acceptors (Lipinski definition) is 0. The zero-order valence-electron chi connectivity index (χ0n) is 12.3. The third kappa shape index (κ3) is 3.56. The average molecular weight is 342 g/mol. The van der Waals surface area contributed by atoms with E-state index in [-0.39, 0.29) is 5.41 Å². The lowest BCUT2D eigenvalue weighted by Crippen LogP contribution is -2.34. The Balaban J connectivity index is 2.46. The molecule has 0 bridgehead atoms. The molecule has 2 aromatic carbocycles. The number of rotatable bonds is 5. The van der Waals surface area contributed by atoms with E-state index < -0.39 is 0 Å². The summed E-state index contributed by atoms with van der Waals surface area (Å²) >= 11 is 19.1. The fraction of sp³-hybridized carbons (Fsp3) is 0.333.